The number of rotatable bonds is 7. The molecular formula is C24H23N3O2. The number of carbonyl (C=O) groups is 1. The Morgan fingerprint density at radius 2 is 1.72 bits per heavy atom. The molecule has 3 aromatic carbocycles. The molecule has 0 unspecified atom stereocenters. The number of benzene rings is 3. The average Bonchev–Trinajstić information content (AvgIpc) is 3.18. The Bertz CT molecular complexity index is 1120. The van der Waals surface area contributed by atoms with Crippen molar-refractivity contribution < 1.29 is 9.53 Å². The number of aromatic amines is 1. The van der Waals surface area contributed by atoms with E-state index in [1.807, 2.05) is 66.9 Å². The quantitative estimate of drug-likeness (QED) is 0.424. The van der Waals surface area contributed by atoms with Gasteiger partial charge in [-0.05, 0) is 54.4 Å². The molecule has 0 saturated heterocycles. The monoisotopic (exact) mass is 385 g/mol. The van der Waals surface area contributed by atoms with Crippen LogP contribution in [0.4, 0.5) is 11.4 Å². The maximum atomic E-state index is 12.8. The lowest BCUT2D eigenvalue weighted by atomic mass is 10.1. The number of para-hydroxylation sites is 2. The van der Waals surface area contributed by atoms with E-state index in [4.69, 9.17) is 4.74 Å². The minimum absolute atomic E-state index is 0.0959. The van der Waals surface area contributed by atoms with E-state index in [1.54, 1.807) is 7.11 Å². The minimum atomic E-state index is -0.0959. The maximum Gasteiger partial charge on any atom is 0.253 e. The van der Waals surface area contributed by atoms with Gasteiger partial charge in [-0.3, -0.25) is 4.79 Å². The highest BCUT2D eigenvalue weighted by atomic mass is 16.5. The van der Waals surface area contributed by atoms with Crippen LogP contribution in [0.15, 0.2) is 79.0 Å². The van der Waals surface area contributed by atoms with Gasteiger partial charge in [-0.2, -0.15) is 0 Å². The molecule has 0 bridgehead atoms. The first kappa shape index (κ1) is 18.6. The number of nitrogens with one attached hydrogen (secondary N) is 3. The Labute approximate surface area is 169 Å². The van der Waals surface area contributed by atoms with Gasteiger partial charge >= 0.3 is 0 Å². The molecule has 29 heavy (non-hydrogen) atoms. The third-order valence-electron chi connectivity index (χ3n) is 4.90. The molecule has 0 saturated carbocycles. The molecular weight excluding hydrogens is 362 g/mol. The van der Waals surface area contributed by atoms with E-state index in [-0.39, 0.29) is 5.91 Å². The van der Waals surface area contributed by atoms with Crippen LogP contribution in [0.25, 0.3) is 10.9 Å². The third-order valence-corrected chi connectivity index (χ3v) is 4.90. The van der Waals surface area contributed by atoms with Gasteiger partial charge in [0.2, 0.25) is 0 Å². The molecule has 3 N–H and O–H groups in total. The molecule has 5 heteroatoms. The van der Waals surface area contributed by atoms with Gasteiger partial charge in [0.1, 0.15) is 5.75 Å². The molecule has 0 aliphatic rings. The molecule has 0 fully saturated rings. The molecule has 0 atom stereocenters. The van der Waals surface area contributed by atoms with E-state index < -0.39 is 0 Å². The fraction of sp³-hybridized carbons (Fsp3) is 0.125. The zero-order valence-corrected chi connectivity index (χ0v) is 16.2. The topological polar surface area (TPSA) is 66.2 Å². The van der Waals surface area contributed by atoms with Gasteiger partial charge in [0.05, 0.1) is 18.4 Å². The molecule has 0 radical (unpaired) electrons. The molecule has 0 aliphatic carbocycles. The second-order valence-corrected chi connectivity index (χ2v) is 6.76. The first-order valence-electron chi connectivity index (χ1n) is 9.58. The average molecular weight is 385 g/mol. The Morgan fingerprint density at radius 3 is 2.55 bits per heavy atom. The second-order valence-electron chi connectivity index (χ2n) is 6.76. The summed E-state index contributed by atoms with van der Waals surface area (Å²) in [5.74, 6) is 0.695. The minimum Gasteiger partial charge on any atom is -0.497 e. The molecule has 4 aromatic rings. The summed E-state index contributed by atoms with van der Waals surface area (Å²) in [5, 5.41) is 7.54. The van der Waals surface area contributed by atoms with Crippen LogP contribution in [0.1, 0.15) is 15.9 Å². The van der Waals surface area contributed by atoms with Gasteiger partial charge in [0.15, 0.2) is 0 Å². The summed E-state index contributed by atoms with van der Waals surface area (Å²) in [7, 11) is 1.64. The highest BCUT2D eigenvalue weighted by Gasteiger charge is 2.11. The predicted octanol–water partition coefficient (Wildman–Crippen LogP) is 4.89. The van der Waals surface area contributed by atoms with Crippen LogP contribution in [0.2, 0.25) is 0 Å². The Kier molecular flexibility index (Phi) is 5.47. The number of fused-ring (bicyclic) bond motifs is 1. The number of methoxy groups -OCH3 is 1. The Hall–Kier alpha value is -3.73. The van der Waals surface area contributed by atoms with E-state index in [9.17, 15) is 4.79 Å². The van der Waals surface area contributed by atoms with Crippen molar-refractivity contribution in [3.05, 3.63) is 90.1 Å². The van der Waals surface area contributed by atoms with Crippen LogP contribution in [-0.2, 0) is 6.42 Å². The smallest absolute Gasteiger partial charge is 0.253 e. The number of anilines is 2. The normalized spacial score (nSPS) is 10.7. The number of H-pyrrole nitrogens is 1. The number of ether oxygens (including phenoxy) is 1. The Morgan fingerprint density at radius 1 is 0.966 bits per heavy atom. The van der Waals surface area contributed by atoms with Crippen molar-refractivity contribution in [3.8, 4) is 5.75 Å². The number of hydrogen-bond acceptors (Lipinski definition) is 3. The second kappa shape index (κ2) is 8.52. The van der Waals surface area contributed by atoms with Gasteiger partial charge in [0, 0.05) is 29.3 Å². The summed E-state index contributed by atoms with van der Waals surface area (Å²) in [6.07, 6.45) is 2.78. The van der Waals surface area contributed by atoms with E-state index in [0.717, 1.165) is 29.1 Å². The molecule has 146 valence electrons. The van der Waals surface area contributed by atoms with Gasteiger partial charge < -0.3 is 20.4 Å². The zero-order valence-electron chi connectivity index (χ0n) is 16.2. The van der Waals surface area contributed by atoms with Crippen LogP contribution in [0.5, 0.6) is 5.75 Å². The zero-order chi connectivity index (χ0) is 20.1. The van der Waals surface area contributed by atoms with Crippen molar-refractivity contribution >= 4 is 28.2 Å². The van der Waals surface area contributed by atoms with Crippen molar-refractivity contribution in [3.63, 3.8) is 0 Å². The molecule has 1 heterocycles. The molecule has 0 aliphatic heterocycles. The number of aromatic nitrogens is 1. The van der Waals surface area contributed by atoms with E-state index in [0.29, 0.717) is 12.1 Å². The largest absolute Gasteiger partial charge is 0.497 e. The first-order valence-corrected chi connectivity index (χ1v) is 9.58. The maximum absolute atomic E-state index is 12.8. The van der Waals surface area contributed by atoms with E-state index in [1.165, 1.54) is 10.9 Å². The number of amides is 1. The van der Waals surface area contributed by atoms with Crippen LogP contribution >= 0.6 is 0 Å². The summed E-state index contributed by atoms with van der Waals surface area (Å²) in [6.45, 7) is 0.567. The van der Waals surface area contributed by atoms with Crippen molar-refractivity contribution in [1.29, 1.82) is 0 Å². The van der Waals surface area contributed by atoms with Gasteiger partial charge in [-0.1, -0.05) is 30.3 Å². The van der Waals surface area contributed by atoms with Gasteiger partial charge in [-0.15, -0.1) is 0 Å². The van der Waals surface area contributed by atoms with Crippen molar-refractivity contribution in [2.45, 2.75) is 6.42 Å². The van der Waals surface area contributed by atoms with E-state index in [2.05, 4.69) is 27.8 Å². The van der Waals surface area contributed by atoms with Crippen LogP contribution in [0.3, 0.4) is 0 Å². The fourth-order valence-corrected chi connectivity index (χ4v) is 3.36. The molecule has 4 rings (SSSR count). The van der Waals surface area contributed by atoms with Gasteiger partial charge in [-0.25, -0.2) is 0 Å². The third kappa shape index (κ3) is 4.24. The summed E-state index contributed by atoms with van der Waals surface area (Å²) in [5.41, 5.74) is 4.59. The summed E-state index contributed by atoms with van der Waals surface area (Å²) in [6, 6.07) is 23.3. The van der Waals surface area contributed by atoms with Crippen LogP contribution in [-0.4, -0.2) is 24.5 Å². The highest BCUT2D eigenvalue weighted by molar-refractivity contribution is 6.00. The SMILES string of the molecule is COc1ccc(Nc2ccccc2C(=O)NCCc2c[nH]c3ccccc23)cc1. The van der Waals surface area contributed by atoms with Crippen molar-refractivity contribution in [1.82, 2.24) is 10.3 Å². The lowest BCUT2D eigenvalue weighted by molar-refractivity contribution is 0.0955. The highest BCUT2D eigenvalue weighted by Crippen LogP contribution is 2.23. The summed E-state index contributed by atoms with van der Waals surface area (Å²) < 4.78 is 5.19. The van der Waals surface area contributed by atoms with E-state index >= 15 is 0 Å². The number of carbonyl (C=O) groups excluding carboxylic acids is 1. The van der Waals surface area contributed by atoms with Crippen molar-refractivity contribution in [2.75, 3.05) is 19.0 Å². The van der Waals surface area contributed by atoms with Crippen LogP contribution in [0, 0.1) is 0 Å². The predicted molar refractivity (Wildman–Crippen MR) is 117 cm³/mol. The van der Waals surface area contributed by atoms with Crippen LogP contribution < -0.4 is 15.4 Å². The molecule has 0 spiro atoms. The first-order chi connectivity index (χ1) is 14.2. The number of hydrogen-bond donors (Lipinski definition) is 3. The van der Waals surface area contributed by atoms with Crippen molar-refractivity contribution in [2.24, 2.45) is 0 Å². The molecule has 1 aromatic heterocycles. The summed E-state index contributed by atoms with van der Waals surface area (Å²) in [4.78, 5) is 16.0. The lowest BCUT2D eigenvalue weighted by Gasteiger charge is -2.12. The summed E-state index contributed by atoms with van der Waals surface area (Å²) >= 11 is 0. The fourth-order valence-electron chi connectivity index (χ4n) is 3.36. The standard InChI is InChI=1S/C24H23N3O2/c1-29-19-12-10-18(11-13-19)27-23-9-5-3-7-21(23)24(28)25-15-14-17-16-26-22-8-4-2-6-20(17)22/h2-13,16,26-27H,14-15H2,1H3,(H,25,28). The Balaban J connectivity index is 1.42. The lowest BCUT2D eigenvalue weighted by Crippen LogP contribution is -2.26. The molecule has 1 amide bonds. The molecule has 5 nitrogen and oxygen atoms in total. The van der Waals surface area contributed by atoms with Gasteiger partial charge in [0.25, 0.3) is 5.91 Å².